The van der Waals surface area contributed by atoms with Crippen molar-refractivity contribution in [3.05, 3.63) is 70.3 Å². The molecule has 7 nitrogen and oxygen atoms in total. The fourth-order valence-electron chi connectivity index (χ4n) is 3.71. The van der Waals surface area contributed by atoms with Crippen LogP contribution in [0.15, 0.2) is 54.6 Å². The number of amides is 2. The van der Waals surface area contributed by atoms with E-state index in [4.69, 9.17) is 0 Å². The lowest BCUT2D eigenvalue weighted by Crippen LogP contribution is -2.49. The minimum Gasteiger partial charge on any atom is -0.342 e. The molecule has 0 N–H and O–H groups in total. The number of piperidine rings is 1. The summed E-state index contributed by atoms with van der Waals surface area (Å²) in [6.07, 6.45) is 2.12. The first-order chi connectivity index (χ1) is 14.0. The highest BCUT2D eigenvalue weighted by atomic mass is 16.6. The van der Waals surface area contributed by atoms with Gasteiger partial charge in [-0.2, -0.15) is 0 Å². The Hall–Kier alpha value is -3.22. The number of hydrogen-bond acceptors (Lipinski definition) is 4. The molecule has 1 saturated heterocycles. The molecular weight excluding hydrogens is 370 g/mol. The van der Waals surface area contributed by atoms with E-state index >= 15 is 0 Å². The Morgan fingerprint density at radius 1 is 1.07 bits per heavy atom. The van der Waals surface area contributed by atoms with E-state index in [1.807, 2.05) is 47.1 Å². The second kappa shape index (κ2) is 9.32. The number of anilines is 1. The molecule has 0 bridgehead atoms. The first-order valence-electron chi connectivity index (χ1n) is 9.87. The van der Waals surface area contributed by atoms with Crippen LogP contribution in [0.1, 0.15) is 31.7 Å². The fraction of sp³-hybridized carbons (Fsp3) is 0.364. The summed E-state index contributed by atoms with van der Waals surface area (Å²) in [5, 5.41) is 10.7. The second-order valence-corrected chi connectivity index (χ2v) is 7.17. The summed E-state index contributed by atoms with van der Waals surface area (Å²) in [4.78, 5) is 39.2. The minimum atomic E-state index is -0.452. The Bertz CT molecular complexity index is 859. The fourth-order valence-corrected chi connectivity index (χ4v) is 3.71. The summed E-state index contributed by atoms with van der Waals surface area (Å²) in [5.41, 5.74) is 1.67. The predicted octanol–water partition coefficient (Wildman–Crippen LogP) is 3.57. The Morgan fingerprint density at radius 2 is 1.69 bits per heavy atom. The van der Waals surface area contributed by atoms with E-state index in [2.05, 4.69) is 0 Å². The van der Waals surface area contributed by atoms with Gasteiger partial charge in [0.25, 0.3) is 5.69 Å². The molecule has 1 fully saturated rings. The molecule has 2 aromatic rings. The Morgan fingerprint density at radius 3 is 2.24 bits per heavy atom. The maximum Gasteiger partial charge on any atom is 0.269 e. The van der Waals surface area contributed by atoms with Gasteiger partial charge in [0, 0.05) is 43.4 Å². The maximum atomic E-state index is 12.6. The molecule has 0 aromatic heterocycles. The van der Waals surface area contributed by atoms with Crippen LogP contribution in [-0.4, -0.2) is 40.8 Å². The Balaban J connectivity index is 1.60. The van der Waals surface area contributed by atoms with Crippen molar-refractivity contribution in [2.24, 2.45) is 0 Å². The first kappa shape index (κ1) is 20.5. The van der Waals surface area contributed by atoms with Gasteiger partial charge in [0.2, 0.25) is 11.8 Å². The number of nitro groups is 1. The average Bonchev–Trinajstić information content (AvgIpc) is 2.75. The molecule has 0 atom stereocenters. The predicted molar refractivity (Wildman–Crippen MR) is 111 cm³/mol. The van der Waals surface area contributed by atoms with E-state index in [0.29, 0.717) is 19.5 Å². The minimum absolute atomic E-state index is 0.00498. The van der Waals surface area contributed by atoms with E-state index < -0.39 is 4.92 Å². The number of nitrogens with zero attached hydrogens (tertiary/aromatic N) is 3. The largest absolute Gasteiger partial charge is 0.342 e. The van der Waals surface area contributed by atoms with Crippen LogP contribution in [0.25, 0.3) is 0 Å². The van der Waals surface area contributed by atoms with E-state index in [9.17, 15) is 19.7 Å². The van der Waals surface area contributed by atoms with Crippen LogP contribution in [0.3, 0.4) is 0 Å². The molecule has 1 aliphatic rings. The zero-order chi connectivity index (χ0) is 20.8. The van der Waals surface area contributed by atoms with Gasteiger partial charge in [0.1, 0.15) is 0 Å². The van der Waals surface area contributed by atoms with Crippen LogP contribution >= 0.6 is 0 Å². The number of likely N-dealkylation sites (tertiary alicyclic amines) is 1. The molecule has 1 aliphatic heterocycles. The van der Waals surface area contributed by atoms with Gasteiger partial charge in [-0.3, -0.25) is 19.7 Å². The summed E-state index contributed by atoms with van der Waals surface area (Å²) in [5.74, 6) is 0.0947. The average molecular weight is 395 g/mol. The number of para-hydroxylation sites is 1. The lowest BCUT2D eigenvalue weighted by Gasteiger charge is -2.38. The number of nitro benzene ring substituents is 1. The molecule has 2 aromatic carbocycles. The molecule has 0 radical (unpaired) electrons. The third-order valence-corrected chi connectivity index (χ3v) is 5.29. The quantitative estimate of drug-likeness (QED) is 0.553. The standard InChI is InChI=1S/C22H25N3O4/c1-2-21(26)24(18-6-4-3-5-7-18)19-12-14-23(15-13-19)22(27)16-17-8-10-20(11-9-17)25(28)29/h3-11,19H,2,12-16H2,1H3. The van der Waals surface area contributed by atoms with Crippen molar-refractivity contribution in [1.29, 1.82) is 0 Å². The number of hydrogen-bond donors (Lipinski definition) is 0. The zero-order valence-corrected chi connectivity index (χ0v) is 16.5. The van der Waals surface area contributed by atoms with Gasteiger partial charge in [-0.1, -0.05) is 37.3 Å². The van der Waals surface area contributed by atoms with Crippen LogP contribution in [0.4, 0.5) is 11.4 Å². The topological polar surface area (TPSA) is 83.8 Å². The molecule has 1 heterocycles. The highest BCUT2D eigenvalue weighted by Gasteiger charge is 2.30. The van der Waals surface area contributed by atoms with Crippen molar-refractivity contribution < 1.29 is 14.5 Å². The van der Waals surface area contributed by atoms with E-state index in [1.54, 1.807) is 12.1 Å². The Kier molecular flexibility index (Phi) is 6.59. The van der Waals surface area contributed by atoms with Crippen molar-refractivity contribution in [3.63, 3.8) is 0 Å². The van der Waals surface area contributed by atoms with E-state index in [0.717, 1.165) is 24.1 Å². The number of carbonyl (C=O) groups is 2. The van der Waals surface area contributed by atoms with E-state index in [-0.39, 0.29) is 30.0 Å². The first-order valence-corrected chi connectivity index (χ1v) is 9.87. The summed E-state index contributed by atoms with van der Waals surface area (Å²) in [6, 6.07) is 15.8. The molecule has 0 spiro atoms. The number of carbonyl (C=O) groups excluding carboxylic acids is 2. The molecule has 3 rings (SSSR count). The van der Waals surface area contributed by atoms with Crippen molar-refractivity contribution in [2.45, 2.75) is 38.6 Å². The third-order valence-electron chi connectivity index (χ3n) is 5.29. The van der Waals surface area contributed by atoms with Crippen LogP contribution in [-0.2, 0) is 16.0 Å². The maximum absolute atomic E-state index is 12.6. The normalized spacial score (nSPS) is 14.4. The zero-order valence-electron chi connectivity index (χ0n) is 16.5. The summed E-state index contributed by atoms with van der Waals surface area (Å²) in [7, 11) is 0. The second-order valence-electron chi connectivity index (χ2n) is 7.17. The summed E-state index contributed by atoms with van der Waals surface area (Å²) in [6.45, 7) is 3.05. The highest BCUT2D eigenvalue weighted by Crippen LogP contribution is 2.25. The van der Waals surface area contributed by atoms with Crippen molar-refractivity contribution in [1.82, 2.24) is 4.90 Å². The molecule has 2 amide bonds. The summed E-state index contributed by atoms with van der Waals surface area (Å²) < 4.78 is 0. The van der Waals surface area contributed by atoms with Gasteiger partial charge < -0.3 is 9.80 Å². The van der Waals surface area contributed by atoms with Gasteiger partial charge in [0.15, 0.2) is 0 Å². The highest BCUT2D eigenvalue weighted by molar-refractivity contribution is 5.93. The van der Waals surface area contributed by atoms with Crippen LogP contribution in [0.2, 0.25) is 0 Å². The van der Waals surface area contributed by atoms with Crippen LogP contribution in [0, 0.1) is 10.1 Å². The van der Waals surface area contributed by atoms with Gasteiger partial charge in [-0.25, -0.2) is 0 Å². The van der Waals surface area contributed by atoms with Crippen molar-refractivity contribution in [2.75, 3.05) is 18.0 Å². The van der Waals surface area contributed by atoms with Gasteiger partial charge in [-0.05, 0) is 30.5 Å². The summed E-state index contributed by atoms with van der Waals surface area (Å²) >= 11 is 0. The van der Waals surface area contributed by atoms with E-state index in [1.165, 1.54) is 12.1 Å². The van der Waals surface area contributed by atoms with Crippen molar-refractivity contribution in [3.8, 4) is 0 Å². The van der Waals surface area contributed by atoms with Gasteiger partial charge in [-0.15, -0.1) is 0 Å². The monoisotopic (exact) mass is 395 g/mol. The number of non-ortho nitro benzene ring substituents is 1. The number of benzene rings is 2. The van der Waals surface area contributed by atoms with Gasteiger partial charge >= 0.3 is 0 Å². The molecule has 0 aliphatic carbocycles. The Labute approximate surface area is 170 Å². The van der Waals surface area contributed by atoms with Crippen molar-refractivity contribution >= 4 is 23.2 Å². The van der Waals surface area contributed by atoms with Crippen LogP contribution < -0.4 is 4.90 Å². The lowest BCUT2D eigenvalue weighted by molar-refractivity contribution is -0.384. The number of rotatable bonds is 6. The van der Waals surface area contributed by atoms with Crippen LogP contribution in [0.5, 0.6) is 0 Å². The molecule has 0 saturated carbocycles. The smallest absolute Gasteiger partial charge is 0.269 e. The SMILES string of the molecule is CCC(=O)N(c1ccccc1)C1CCN(C(=O)Cc2ccc([N+](=O)[O-])cc2)CC1. The lowest BCUT2D eigenvalue weighted by atomic mass is 10.0. The molecular formula is C22H25N3O4. The molecule has 0 unspecified atom stereocenters. The molecule has 7 heteroatoms. The van der Waals surface area contributed by atoms with Gasteiger partial charge in [0.05, 0.1) is 11.3 Å². The molecule has 29 heavy (non-hydrogen) atoms. The molecule has 152 valence electrons. The third kappa shape index (κ3) is 4.99.